The molecule has 0 radical (unpaired) electrons. The van der Waals surface area contributed by atoms with Gasteiger partial charge in [-0.05, 0) is 35.9 Å². The van der Waals surface area contributed by atoms with Crippen LogP contribution in [0.1, 0.15) is 6.42 Å². The number of rotatable bonds is 2. The Morgan fingerprint density at radius 2 is 2.31 bits per heavy atom. The number of aryl methyl sites for hydroxylation is 1. The maximum atomic E-state index is 11.6. The Labute approximate surface area is 103 Å². The molecule has 0 aromatic carbocycles. The highest BCUT2D eigenvalue weighted by Crippen LogP contribution is 2.19. The first-order valence-corrected chi connectivity index (χ1v) is 6.04. The number of anilines is 1. The molecular formula is C10H15BrN4O. The quantitative estimate of drug-likeness (QED) is 0.868. The Morgan fingerprint density at radius 3 is 2.94 bits per heavy atom. The van der Waals surface area contributed by atoms with Crippen molar-refractivity contribution in [1.29, 1.82) is 0 Å². The Hall–Kier alpha value is -0.880. The topological polar surface area (TPSA) is 50.2 Å². The largest absolute Gasteiger partial charge is 0.379 e. The summed E-state index contributed by atoms with van der Waals surface area (Å²) in [5, 5.41) is 7.34. The summed E-state index contributed by atoms with van der Waals surface area (Å²) in [6.07, 6.45) is 2.78. The number of likely N-dealkylation sites (N-methyl/N-ethyl adjacent to an activating group) is 1. The first-order chi connectivity index (χ1) is 7.58. The summed E-state index contributed by atoms with van der Waals surface area (Å²) >= 11 is 3.30. The number of nitrogens with one attached hydrogen (secondary N) is 1. The van der Waals surface area contributed by atoms with Gasteiger partial charge in [-0.25, -0.2) is 4.68 Å². The van der Waals surface area contributed by atoms with Crippen LogP contribution in [0.4, 0.5) is 5.69 Å². The van der Waals surface area contributed by atoms with Gasteiger partial charge in [0, 0.05) is 19.6 Å². The van der Waals surface area contributed by atoms with Crippen molar-refractivity contribution in [3.05, 3.63) is 21.0 Å². The number of hydrogen-bond acceptors (Lipinski definition) is 4. The predicted molar refractivity (Wildman–Crippen MR) is 66.7 cm³/mol. The molecule has 5 nitrogen and oxygen atoms in total. The summed E-state index contributed by atoms with van der Waals surface area (Å²) in [5.74, 6) is 0. The maximum Gasteiger partial charge on any atom is 0.282 e. The van der Waals surface area contributed by atoms with Gasteiger partial charge in [0.2, 0.25) is 0 Å². The van der Waals surface area contributed by atoms with Gasteiger partial charge in [-0.1, -0.05) is 0 Å². The van der Waals surface area contributed by atoms with Crippen LogP contribution in [0, 0.1) is 0 Å². The zero-order valence-electron chi connectivity index (χ0n) is 9.40. The van der Waals surface area contributed by atoms with Crippen molar-refractivity contribution in [2.45, 2.75) is 12.5 Å². The Kier molecular flexibility index (Phi) is 3.30. The monoisotopic (exact) mass is 286 g/mol. The number of hydrogen-bond donors (Lipinski definition) is 1. The third-order valence-electron chi connectivity index (χ3n) is 2.83. The maximum absolute atomic E-state index is 11.6. The second-order valence-electron chi connectivity index (χ2n) is 4.19. The van der Waals surface area contributed by atoms with Gasteiger partial charge in [0.05, 0.1) is 11.9 Å². The van der Waals surface area contributed by atoms with Gasteiger partial charge in [0.15, 0.2) is 0 Å². The molecule has 1 saturated heterocycles. The normalized spacial score (nSPS) is 21.3. The van der Waals surface area contributed by atoms with Crippen molar-refractivity contribution >= 4 is 21.6 Å². The minimum Gasteiger partial charge on any atom is -0.379 e. The second-order valence-corrected chi connectivity index (χ2v) is 4.99. The Bertz CT molecular complexity index is 445. The zero-order chi connectivity index (χ0) is 11.7. The molecule has 1 aliphatic heterocycles. The third-order valence-corrected chi connectivity index (χ3v) is 3.60. The van der Waals surface area contributed by atoms with E-state index in [2.05, 4.69) is 38.3 Å². The SMILES string of the molecule is CN1CCC(Nc2cnn(C)c(=O)c2Br)C1. The lowest BCUT2D eigenvalue weighted by Crippen LogP contribution is -2.27. The van der Waals surface area contributed by atoms with E-state index in [0.29, 0.717) is 10.5 Å². The van der Waals surface area contributed by atoms with Crippen LogP contribution in [0.25, 0.3) is 0 Å². The second kappa shape index (κ2) is 4.55. The lowest BCUT2D eigenvalue weighted by molar-refractivity contribution is 0.414. The minimum absolute atomic E-state index is 0.114. The van der Waals surface area contributed by atoms with E-state index in [-0.39, 0.29) is 5.56 Å². The van der Waals surface area contributed by atoms with Crippen molar-refractivity contribution in [3.63, 3.8) is 0 Å². The van der Waals surface area contributed by atoms with Crippen LogP contribution in [-0.2, 0) is 7.05 Å². The molecule has 0 bridgehead atoms. The summed E-state index contributed by atoms with van der Waals surface area (Å²) in [4.78, 5) is 13.9. The molecule has 2 rings (SSSR count). The molecule has 0 spiro atoms. The van der Waals surface area contributed by atoms with Gasteiger partial charge in [-0.3, -0.25) is 4.79 Å². The number of aromatic nitrogens is 2. The Balaban J connectivity index is 2.16. The molecule has 0 aliphatic carbocycles. The average molecular weight is 287 g/mol. The average Bonchev–Trinajstić information content (AvgIpc) is 2.65. The minimum atomic E-state index is -0.114. The summed E-state index contributed by atoms with van der Waals surface area (Å²) in [6, 6.07) is 0.398. The van der Waals surface area contributed by atoms with Crippen LogP contribution in [0.3, 0.4) is 0 Å². The fraction of sp³-hybridized carbons (Fsp3) is 0.600. The molecule has 1 atom stereocenters. The molecule has 1 aliphatic rings. The molecule has 1 unspecified atom stereocenters. The highest BCUT2D eigenvalue weighted by atomic mass is 79.9. The molecule has 1 aromatic rings. The van der Waals surface area contributed by atoms with Crippen molar-refractivity contribution in [3.8, 4) is 0 Å². The number of nitrogens with zero attached hydrogens (tertiary/aromatic N) is 3. The number of likely N-dealkylation sites (tertiary alicyclic amines) is 1. The van der Waals surface area contributed by atoms with Crippen molar-refractivity contribution in [2.24, 2.45) is 7.05 Å². The highest BCUT2D eigenvalue weighted by molar-refractivity contribution is 9.10. The van der Waals surface area contributed by atoms with E-state index in [1.54, 1.807) is 13.2 Å². The van der Waals surface area contributed by atoms with Crippen LogP contribution in [-0.4, -0.2) is 40.9 Å². The third kappa shape index (κ3) is 2.27. The van der Waals surface area contributed by atoms with Gasteiger partial charge in [0.25, 0.3) is 5.56 Å². The van der Waals surface area contributed by atoms with Crippen LogP contribution < -0.4 is 10.9 Å². The van der Waals surface area contributed by atoms with E-state index >= 15 is 0 Å². The molecule has 1 fully saturated rings. The van der Waals surface area contributed by atoms with E-state index in [9.17, 15) is 4.79 Å². The van der Waals surface area contributed by atoms with Gasteiger partial charge < -0.3 is 10.2 Å². The fourth-order valence-corrected chi connectivity index (χ4v) is 2.36. The van der Waals surface area contributed by atoms with Crippen LogP contribution in [0.5, 0.6) is 0 Å². The highest BCUT2D eigenvalue weighted by Gasteiger charge is 2.20. The van der Waals surface area contributed by atoms with E-state index < -0.39 is 0 Å². The van der Waals surface area contributed by atoms with Crippen LogP contribution in [0.2, 0.25) is 0 Å². The Morgan fingerprint density at radius 1 is 1.56 bits per heavy atom. The summed E-state index contributed by atoms with van der Waals surface area (Å²) in [5.41, 5.74) is 0.666. The van der Waals surface area contributed by atoms with Crippen LogP contribution in [0.15, 0.2) is 15.5 Å². The standard InChI is InChI=1S/C10H15BrN4O/c1-14-4-3-7(6-14)13-8-5-12-15(2)10(16)9(8)11/h5,7,13H,3-4,6H2,1-2H3. The molecule has 16 heavy (non-hydrogen) atoms. The van der Waals surface area contributed by atoms with Crippen LogP contribution >= 0.6 is 15.9 Å². The predicted octanol–water partition coefficient (Wildman–Crippen LogP) is 0.659. The first kappa shape index (κ1) is 11.6. The van der Waals surface area contributed by atoms with Gasteiger partial charge in [-0.15, -0.1) is 0 Å². The van der Waals surface area contributed by atoms with Crippen molar-refractivity contribution in [2.75, 3.05) is 25.5 Å². The van der Waals surface area contributed by atoms with Gasteiger partial charge >= 0.3 is 0 Å². The van der Waals surface area contributed by atoms with E-state index in [1.165, 1.54) is 4.68 Å². The molecule has 88 valence electrons. The van der Waals surface area contributed by atoms with E-state index in [1.807, 2.05) is 0 Å². The lowest BCUT2D eigenvalue weighted by atomic mass is 10.2. The smallest absolute Gasteiger partial charge is 0.282 e. The van der Waals surface area contributed by atoms with Gasteiger partial charge in [0.1, 0.15) is 4.47 Å². The molecule has 1 aromatic heterocycles. The summed E-state index contributed by atoms with van der Waals surface area (Å²) in [6.45, 7) is 2.09. The molecule has 1 N–H and O–H groups in total. The van der Waals surface area contributed by atoms with Gasteiger partial charge in [-0.2, -0.15) is 5.10 Å². The van der Waals surface area contributed by atoms with E-state index in [4.69, 9.17) is 0 Å². The lowest BCUT2D eigenvalue weighted by Gasteiger charge is -2.15. The van der Waals surface area contributed by atoms with Crippen molar-refractivity contribution in [1.82, 2.24) is 14.7 Å². The fourth-order valence-electron chi connectivity index (χ4n) is 1.88. The molecule has 0 amide bonds. The molecule has 2 heterocycles. The molecular weight excluding hydrogens is 272 g/mol. The zero-order valence-corrected chi connectivity index (χ0v) is 11.0. The first-order valence-electron chi connectivity index (χ1n) is 5.25. The molecule has 6 heteroatoms. The van der Waals surface area contributed by atoms with E-state index in [0.717, 1.165) is 25.2 Å². The summed E-state index contributed by atoms with van der Waals surface area (Å²) < 4.78 is 1.87. The summed E-state index contributed by atoms with van der Waals surface area (Å²) in [7, 11) is 3.74. The number of halogens is 1. The molecule has 0 saturated carbocycles. The van der Waals surface area contributed by atoms with Crippen molar-refractivity contribution < 1.29 is 0 Å².